The summed E-state index contributed by atoms with van der Waals surface area (Å²) >= 11 is 1.51. The summed E-state index contributed by atoms with van der Waals surface area (Å²) in [6, 6.07) is 8.19. The Bertz CT molecular complexity index is 793. The predicted molar refractivity (Wildman–Crippen MR) is 102 cm³/mol. The maximum absolute atomic E-state index is 12.3. The van der Waals surface area contributed by atoms with E-state index in [9.17, 15) is 9.59 Å². The summed E-state index contributed by atoms with van der Waals surface area (Å²) in [4.78, 5) is 25.5. The molecule has 1 aliphatic carbocycles. The molecule has 1 heterocycles. The van der Waals surface area contributed by atoms with Crippen molar-refractivity contribution < 1.29 is 9.59 Å². The van der Waals surface area contributed by atoms with Crippen LogP contribution in [0.4, 0.5) is 5.00 Å². The van der Waals surface area contributed by atoms with Gasteiger partial charge in [-0.1, -0.05) is 36.8 Å². The van der Waals surface area contributed by atoms with Crippen molar-refractivity contribution in [1.82, 2.24) is 0 Å². The fraction of sp³-hybridized carbons (Fsp3) is 0.400. The minimum Gasteiger partial charge on any atom is -0.365 e. The number of hydrogen-bond acceptors (Lipinski definition) is 3. The van der Waals surface area contributed by atoms with Crippen molar-refractivity contribution in [1.29, 1.82) is 0 Å². The van der Waals surface area contributed by atoms with Crippen LogP contribution in [0, 0.1) is 12.8 Å². The van der Waals surface area contributed by atoms with Gasteiger partial charge in [0, 0.05) is 11.3 Å². The number of thiophene rings is 1. The molecule has 0 fully saturated rings. The van der Waals surface area contributed by atoms with Gasteiger partial charge in [0.05, 0.1) is 5.56 Å². The summed E-state index contributed by atoms with van der Waals surface area (Å²) in [5.41, 5.74) is 9.50. The summed E-state index contributed by atoms with van der Waals surface area (Å²) < 4.78 is 0. The lowest BCUT2D eigenvalue weighted by Gasteiger charge is -2.18. The van der Waals surface area contributed by atoms with Crippen molar-refractivity contribution in [2.24, 2.45) is 11.7 Å². The second-order valence-corrected chi connectivity index (χ2v) is 8.06. The van der Waals surface area contributed by atoms with E-state index in [4.69, 9.17) is 5.73 Å². The van der Waals surface area contributed by atoms with Crippen molar-refractivity contribution in [3.63, 3.8) is 0 Å². The van der Waals surface area contributed by atoms with Gasteiger partial charge in [-0.2, -0.15) is 0 Å². The highest BCUT2D eigenvalue weighted by molar-refractivity contribution is 7.17. The minimum absolute atomic E-state index is 0.0743. The average Bonchev–Trinajstić information content (AvgIpc) is 2.91. The molecule has 0 spiro atoms. The number of carbonyl (C=O) groups is 2. The largest absolute Gasteiger partial charge is 0.365 e. The Morgan fingerprint density at radius 2 is 2.00 bits per heavy atom. The number of carbonyl (C=O) groups excluding carboxylic acids is 2. The van der Waals surface area contributed by atoms with Gasteiger partial charge in [-0.25, -0.2) is 0 Å². The summed E-state index contributed by atoms with van der Waals surface area (Å²) in [5.74, 6) is 0.0903. The first-order valence-electron chi connectivity index (χ1n) is 8.73. The van der Waals surface area contributed by atoms with E-state index in [1.807, 2.05) is 31.2 Å². The number of rotatable bonds is 5. The Labute approximate surface area is 152 Å². The van der Waals surface area contributed by atoms with E-state index in [2.05, 4.69) is 12.2 Å². The second-order valence-electron chi connectivity index (χ2n) is 6.95. The van der Waals surface area contributed by atoms with Crippen molar-refractivity contribution in [2.45, 2.75) is 46.0 Å². The monoisotopic (exact) mass is 356 g/mol. The number of aryl methyl sites for hydroxylation is 2. The van der Waals surface area contributed by atoms with Crippen LogP contribution in [0.25, 0.3) is 0 Å². The van der Waals surface area contributed by atoms with Crippen molar-refractivity contribution >= 4 is 28.2 Å². The smallest absolute Gasteiger partial charge is 0.251 e. The molecule has 4 nitrogen and oxygen atoms in total. The van der Waals surface area contributed by atoms with Crippen molar-refractivity contribution in [3.05, 3.63) is 51.4 Å². The van der Waals surface area contributed by atoms with E-state index in [0.717, 1.165) is 30.4 Å². The standard InChI is InChI=1S/C20H24N2O2S/c1-12-3-6-14(7-4-12)8-10-17(23)22-20-18(19(21)24)15-9-5-13(2)11-16(15)25-20/h3-4,6-7,13H,5,8-11H2,1-2H3,(H2,21,24)(H,22,23). The second kappa shape index (κ2) is 7.40. The molecule has 2 aromatic rings. The number of benzene rings is 1. The van der Waals surface area contributed by atoms with Crippen LogP contribution in [0.1, 0.15) is 51.7 Å². The number of nitrogens with two attached hydrogens (primary N) is 1. The molecule has 25 heavy (non-hydrogen) atoms. The zero-order valence-electron chi connectivity index (χ0n) is 14.7. The number of hydrogen-bond donors (Lipinski definition) is 2. The van der Waals surface area contributed by atoms with Gasteiger partial charge in [-0.15, -0.1) is 11.3 Å². The summed E-state index contributed by atoms with van der Waals surface area (Å²) in [7, 11) is 0. The van der Waals surface area contributed by atoms with Gasteiger partial charge in [-0.05, 0) is 49.7 Å². The van der Waals surface area contributed by atoms with Crippen molar-refractivity contribution in [3.8, 4) is 0 Å². The highest BCUT2D eigenvalue weighted by Gasteiger charge is 2.27. The minimum atomic E-state index is -0.444. The molecule has 1 aromatic carbocycles. The lowest BCUT2D eigenvalue weighted by Crippen LogP contribution is -2.19. The molecule has 3 N–H and O–H groups in total. The van der Waals surface area contributed by atoms with Crippen LogP contribution in [0.2, 0.25) is 0 Å². The fourth-order valence-electron chi connectivity index (χ4n) is 3.30. The van der Waals surface area contributed by atoms with Crippen LogP contribution >= 0.6 is 11.3 Å². The molecule has 0 saturated carbocycles. The molecule has 132 valence electrons. The van der Waals surface area contributed by atoms with Crippen LogP contribution < -0.4 is 11.1 Å². The van der Waals surface area contributed by atoms with Gasteiger partial charge in [0.15, 0.2) is 0 Å². The first-order chi connectivity index (χ1) is 11.9. The Kier molecular flexibility index (Phi) is 5.23. The zero-order valence-corrected chi connectivity index (χ0v) is 15.5. The van der Waals surface area contributed by atoms with Crippen LogP contribution in [-0.4, -0.2) is 11.8 Å². The molecule has 0 saturated heterocycles. The Morgan fingerprint density at radius 3 is 2.68 bits per heavy atom. The topological polar surface area (TPSA) is 72.2 Å². The fourth-order valence-corrected chi connectivity index (χ4v) is 4.73. The Balaban J connectivity index is 1.70. The van der Waals surface area contributed by atoms with Crippen LogP contribution in [-0.2, 0) is 24.1 Å². The Hall–Kier alpha value is -2.14. The summed E-state index contributed by atoms with van der Waals surface area (Å²) in [6.45, 7) is 4.26. The van der Waals surface area contributed by atoms with E-state index in [-0.39, 0.29) is 5.91 Å². The molecule has 1 unspecified atom stereocenters. The molecule has 3 rings (SSSR count). The molecule has 1 atom stereocenters. The molecule has 0 aliphatic heterocycles. The first-order valence-corrected chi connectivity index (χ1v) is 9.55. The van der Waals surface area contributed by atoms with Gasteiger partial charge in [0.1, 0.15) is 5.00 Å². The SMILES string of the molecule is Cc1ccc(CCC(=O)Nc2sc3c(c2C(N)=O)CCC(C)C3)cc1. The van der Waals surface area contributed by atoms with Gasteiger partial charge < -0.3 is 11.1 Å². The van der Waals surface area contributed by atoms with Gasteiger partial charge in [-0.3, -0.25) is 9.59 Å². The maximum atomic E-state index is 12.3. The number of anilines is 1. The molecule has 1 aliphatic rings. The third-order valence-corrected chi connectivity index (χ3v) is 5.94. The molecule has 2 amide bonds. The lowest BCUT2D eigenvalue weighted by atomic mass is 9.88. The van der Waals surface area contributed by atoms with E-state index < -0.39 is 5.91 Å². The predicted octanol–water partition coefficient (Wildman–Crippen LogP) is 3.85. The molecule has 0 bridgehead atoms. The van der Waals surface area contributed by atoms with E-state index in [1.54, 1.807) is 0 Å². The zero-order chi connectivity index (χ0) is 18.0. The average molecular weight is 356 g/mol. The number of primary amides is 1. The van der Waals surface area contributed by atoms with Gasteiger partial charge in [0.2, 0.25) is 5.91 Å². The molecule has 5 heteroatoms. The molecular weight excluding hydrogens is 332 g/mol. The summed E-state index contributed by atoms with van der Waals surface area (Å²) in [5, 5.41) is 3.55. The third kappa shape index (κ3) is 4.10. The number of nitrogens with one attached hydrogen (secondary N) is 1. The summed E-state index contributed by atoms with van der Waals surface area (Å²) in [6.07, 6.45) is 3.95. The molecule has 0 radical (unpaired) electrons. The van der Waals surface area contributed by atoms with Crippen LogP contribution in [0.15, 0.2) is 24.3 Å². The third-order valence-electron chi connectivity index (χ3n) is 4.77. The van der Waals surface area contributed by atoms with Crippen LogP contribution in [0.3, 0.4) is 0 Å². The highest BCUT2D eigenvalue weighted by Crippen LogP contribution is 2.39. The van der Waals surface area contributed by atoms with Crippen LogP contribution in [0.5, 0.6) is 0 Å². The van der Waals surface area contributed by atoms with Gasteiger partial charge >= 0.3 is 0 Å². The Morgan fingerprint density at radius 1 is 1.28 bits per heavy atom. The quantitative estimate of drug-likeness (QED) is 0.854. The first kappa shape index (κ1) is 17.7. The maximum Gasteiger partial charge on any atom is 0.251 e. The van der Waals surface area contributed by atoms with E-state index >= 15 is 0 Å². The van der Waals surface area contributed by atoms with Gasteiger partial charge in [0.25, 0.3) is 5.91 Å². The number of fused-ring (bicyclic) bond motifs is 1. The highest BCUT2D eigenvalue weighted by atomic mass is 32.1. The number of amides is 2. The van der Waals surface area contributed by atoms with Crippen molar-refractivity contribution in [2.75, 3.05) is 5.32 Å². The normalized spacial score (nSPS) is 16.3. The lowest BCUT2D eigenvalue weighted by molar-refractivity contribution is -0.116. The molecule has 1 aromatic heterocycles. The van der Waals surface area contributed by atoms with E-state index in [0.29, 0.717) is 29.3 Å². The van der Waals surface area contributed by atoms with E-state index in [1.165, 1.54) is 21.8 Å². The molecular formula is C20H24N2O2S.